The van der Waals surface area contributed by atoms with Gasteiger partial charge in [0.1, 0.15) is 18.4 Å². The smallest absolute Gasteiger partial charge is 0.267 e. The van der Waals surface area contributed by atoms with E-state index < -0.39 is 23.6 Å². The molecule has 0 radical (unpaired) electrons. The Labute approximate surface area is 214 Å². The van der Waals surface area contributed by atoms with Crippen LogP contribution >= 0.6 is 0 Å². The molecule has 0 aliphatic carbocycles. The number of aryl methyl sites for hydroxylation is 1. The van der Waals surface area contributed by atoms with Gasteiger partial charge in [-0.25, -0.2) is 4.39 Å². The second-order valence-electron chi connectivity index (χ2n) is 9.85. The van der Waals surface area contributed by atoms with E-state index in [1.54, 1.807) is 6.92 Å². The predicted octanol–water partition coefficient (Wildman–Crippen LogP) is 2.67. The highest BCUT2D eigenvalue weighted by atomic mass is 19.2. The monoisotopic (exact) mass is 518 g/mol. The fourth-order valence-electron chi connectivity index (χ4n) is 4.52. The van der Waals surface area contributed by atoms with Crippen molar-refractivity contribution >= 4 is 17.5 Å². The maximum Gasteiger partial charge on any atom is 0.267 e. The Hall–Kier alpha value is -3.15. The fraction of sp³-hybridized carbons (Fsp3) is 0.500. The molecule has 2 atom stereocenters. The van der Waals surface area contributed by atoms with Crippen molar-refractivity contribution in [2.24, 2.45) is 11.1 Å². The summed E-state index contributed by atoms with van der Waals surface area (Å²) in [6, 6.07) is 5.44. The number of primary amides is 1. The van der Waals surface area contributed by atoms with Crippen LogP contribution in [0.15, 0.2) is 30.5 Å². The van der Waals surface area contributed by atoms with Gasteiger partial charge in [0, 0.05) is 36.9 Å². The maximum absolute atomic E-state index is 13.3. The Morgan fingerprint density at radius 3 is 2.65 bits per heavy atom. The van der Waals surface area contributed by atoms with E-state index in [4.69, 9.17) is 19.9 Å². The first kappa shape index (κ1) is 26.9. The predicted molar refractivity (Wildman–Crippen MR) is 131 cm³/mol. The number of pyridine rings is 1. The molecule has 2 amide bonds. The molecule has 0 saturated carbocycles. The lowest BCUT2D eigenvalue weighted by atomic mass is 9.78. The second-order valence-corrected chi connectivity index (χ2v) is 9.85. The minimum Gasteiger partial charge on any atom is -0.489 e. The third kappa shape index (κ3) is 6.60. The van der Waals surface area contributed by atoms with Gasteiger partial charge in [0.05, 0.1) is 19.3 Å². The van der Waals surface area contributed by atoms with Crippen LogP contribution in [0.3, 0.4) is 0 Å². The molecule has 4 heterocycles. The van der Waals surface area contributed by atoms with E-state index in [1.165, 1.54) is 24.4 Å². The minimum atomic E-state index is -0.912. The number of carbonyl (C=O) groups excluding carboxylic acids is 2. The Balaban J connectivity index is 0.000000173. The van der Waals surface area contributed by atoms with E-state index in [-0.39, 0.29) is 23.5 Å². The summed E-state index contributed by atoms with van der Waals surface area (Å²) in [4.78, 5) is 29.2. The standard InChI is InChI=1S/C13H15F2NO2.C13H17N3O3/c14-10-2-1-3-11(12(10)15)18-5-4-16-6-13(7-16)8-17-9-13;1-7-6-15-10(12(14)17)5-9(7)16-13(18)11-4-3-8(2)19-11/h1-3H,4-9H2;5-6,8,11H,3-4H2,1-2H3,(H2,14,17)(H,15,16,18). The number of nitrogens with two attached hydrogens (primary N) is 1. The van der Waals surface area contributed by atoms with Crippen LogP contribution in [0.5, 0.6) is 5.75 Å². The number of benzene rings is 1. The molecular formula is C26H32F2N4O5. The third-order valence-corrected chi connectivity index (χ3v) is 6.65. The molecule has 3 N–H and O–H groups in total. The van der Waals surface area contributed by atoms with Crippen molar-refractivity contribution in [2.45, 2.75) is 38.9 Å². The fourth-order valence-corrected chi connectivity index (χ4v) is 4.52. The third-order valence-electron chi connectivity index (χ3n) is 6.65. The molecule has 37 heavy (non-hydrogen) atoms. The van der Waals surface area contributed by atoms with E-state index in [0.717, 1.165) is 50.9 Å². The number of halogens is 2. The highest BCUT2D eigenvalue weighted by Crippen LogP contribution is 2.37. The van der Waals surface area contributed by atoms with Gasteiger partial charge in [0.15, 0.2) is 11.6 Å². The molecule has 1 spiro atoms. The number of carbonyl (C=O) groups is 2. The van der Waals surface area contributed by atoms with Crippen LogP contribution in [0.1, 0.15) is 35.8 Å². The number of nitrogens with zero attached hydrogens (tertiary/aromatic N) is 2. The molecule has 11 heteroatoms. The molecule has 3 fully saturated rings. The number of anilines is 1. The largest absolute Gasteiger partial charge is 0.489 e. The van der Waals surface area contributed by atoms with Crippen LogP contribution in [0.25, 0.3) is 0 Å². The number of likely N-dealkylation sites (tertiary alicyclic amines) is 1. The lowest BCUT2D eigenvalue weighted by Crippen LogP contribution is -2.66. The van der Waals surface area contributed by atoms with E-state index in [1.807, 2.05) is 6.92 Å². The summed E-state index contributed by atoms with van der Waals surface area (Å²) in [7, 11) is 0. The topological polar surface area (TPSA) is 116 Å². The zero-order valence-corrected chi connectivity index (χ0v) is 21.0. The Bertz CT molecular complexity index is 1140. The van der Waals surface area contributed by atoms with Crippen molar-refractivity contribution in [1.29, 1.82) is 0 Å². The van der Waals surface area contributed by atoms with Crippen LogP contribution < -0.4 is 15.8 Å². The van der Waals surface area contributed by atoms with Gasteiger partial charge in [-0.2, -0.15) is 4.39 Å². The van der Waals surface area contributed by atoms with E-state index in [0.29, 0.717) is 24.1 Å². The molecular weight excluding hydrogens is 486 g/mol. The Morgan fingerprint density at radius 1 is 1.27 bits per heavy atom. The summed E-state index contributed by atoms with van der Waals surface area (Å²) in [5.74, 6) is -2.63. The Morgan fingerprint density at radius 2 is 2.03 bits per heavy atom. The van der Waals surface area contributed by atoms with Crippen molar-refractivity contribution in [3.63, 3.8) is 0 Å². The van der Waals surface area contributed by atoms with Gasteiger partial charge in [-0.15, -0.1) is 0 Å². The summed E-state index contributed by atoms with van der Waals surface area (Å²) < 4.78 is 42.1. The Kier molecular flexibility index (Phi) is 8.35. The summed E-state index contributed by atoms with van der Waals surface area (Å²) in [6.07, 6.45) is 2.77. The summed E-state index contributed by atoms with van der Waals surface area (Å²) >= 11 is 0. The minimum absolute atomic E-state index is 0.0165. The highest BCUT2D eigenvalue weighted by Gasteiger charge is 2.48. The van der Waals surface area contributed by atoms with Gasteiger partial charge in [0.25, 0.3) is 11.8 Å². The van der Waals surface area contributed by atoms with Crippen LogP contribution in [0.2, 0.25) is 0 Å². The molecule has 9 nitrogen and oxygen atoms in total. The molecule has 0 bridgehead atoms. The average Bonchev–Trinajstić information content (AvgIpc) is 3.25. The number of hydrogen-bond acceptors (Lipinski definition) is 7. The van der Waals surface area contributed by atoms with Crippen LogP contribution in [-0.2, 0) is 14.3 Å². The van der Waals surface area contributed by atoms with Crippen LogP contribution in [0.4, 0.5) is 14.5 Å². The van der Waals surface area contributed by atoms with Gasteiger partial charge in [-0.05, 0) is 50.5 Å². The van der Waals surface area contributed by atoms with Gasteiger partial charge < -0.3 is 25.3 Å². The van der Waals surface area contributed by atoms with Crippen molar-refractivity contribution < 1.29 is 32.6 Å². The van der Waals surface area contributed by atoms with E-state index in [2.05, 4.69) is 15.2 Å². The second kappa shape index (κ2) is 11.5. The highest BCUT2D eigenvalue weighted by molar-refractivity contribution is 5.97. The molecule has 2 unspecified atom stereocenters. The van der Waals surface area contributed by atoms with Crippen molar-refractivity contribution in [3.8, 4) is 5.75 Å². The molecule has 1 aromatic heterocycles. The number of nitrogens with one attached hydrogen (secondary N) is 1. The number of amides is 2. The summed E-state index contributed by atoms with van der Waals surface area (Å²) in [5, 5.41) is 2.76. The molecule has 5 rings (SSSR count). The first-order valence-electron chi connectivity index (χ1n) is 12.3. The van der Waals surface area contributed by atoms with Gasteiger partial charge in [-0.3, -0.25) is 19.5 Å². The molecule has 1 aromatic carbocycles. The summed E-state index contributed by atoms with van der Waals surface area (Å²) in [6.45, 7) is 8.58. The van der Waals surface area contributed by atoms with Crippen molar-refractivity contribution in [3.05, 3.63) is 53.4 Å². The number of hydrogen-bond donors (Lipinski definition) is 2. The molecule has 3 aliphatic heterocycles. The SMILES string of the molecule is Cc1cnc(C(N)=O)cc1NC(=O)C1CCC(C)O1.Fc1cccc(OCCN2CC3(COC3)C2)c1F. The zero-order valence-electron chi connectivity index (χ0n) is 21.0. The zero-order chi connectivity index (χ0) is 26.6. The quantitative estimate of drug-likeness (QED) is 0.579. The van der Waals surface area contributed by atoms with E-state index in [9.17, 15) is 18.4 Å². The molecule has 200 valence electrons. The van der Waals surface area contributed by atoms with Gasteiger partial charge in [-0.1, -0.05) is 6.07 Å². The van der Waals surface area contributed by atoms with Gasteiger partial charge in [0.2, 0.25) is 5.82 Å². The van der Waals surface area contributed by atoms with Crippen molar-refractivity contribution in [1.82, 2.24) is 9.88 Å². The van der Waals surface area contributed by atoms with Gasteiger partial charge >= 0.3 is 0 Å². The summed E-state index contributed by atoms with van der Waals surface area (Å²) in [5.41, 5.74) is 6.98. The van der Waals surface area contributed by atoms with E-state index >= 15 is 0 Å². The molecule has 3 aliphatic rings. The number of aromatic nitrogens is 1. The molecule has 2 aromatic rings. The van der Waals surface area contributed by atoms with Crippen LogP contribution in [-0.4, -0.2) is 73.4 Å². The molecule has 3 saturated heterocycles. The first-order chi connectivity index (χ1) is 17.7. The lowest BCUT2D eigenvalue weighted by molar-refractivity contribution is -0.189. The van der Waals surface area contributed by atoms with Crippen molar-refractivity contribution in [2.75, 3.05) is 44.8 Å². The maximum atomic E-state index is 13.3. The normalized spacial score (nSPS) is 21.8. The number of ether oxygens (including phenoxy) is 3. The lowest BCUT2D eigenvalue weighted by Gasteiger charge is -2.55. The average molecular weight is 519 g/mol. The number of rotatable bonds is 7. The first-order valence-corrected chi connectivity index (χ1v) is 12.3. The van der Waals surface area contributed by atoms with Crippen LogP contribution in [0, 0.1) is 24.0 Å².